The number of anilines is 1. The zero-order valence-corrected chi connectivity index (χ0v) is 6.72. The number of nitrogens with two attached hydrogens (primary N) is 1. The Morgan fingerprint density at radius 3 is 3.18 bits per heavy atom. The molecule has 2 aromatic heterocycles. The first-order valence-corrected chi connectivity index (χ1v) is 3.89. The Morgan fingerprint density at radius 2 is 2.36 bits per heavy atom. The van der Waals surface area contributed by atoms with Crippen LogP contribution in [-0.4, -0.2) is 14.3 Å². The molecule has 0 bridgehead atoms. The number of hydrogen-bond acceptors (Lipinski definition) is 5. The van der Waals surface area contributed by atoms with E-state index in [4.69, 9.17) is 5.73 Å². The standard InChI is InChI=1S/C6H6N4S/c1-3-4-2-8-6(7)9-5(4)11-10-3/h2H,1H3,(H2,7,8,9). The van der Waals surface area contributed by atoms with Gasteiger partial charge in [-0.3, -0.25) is 0 Å². The Bertz CT molecular complexity index is 394. The maximum Gasteiger partial charge on any atom is 0.221 e. The number of nitrogens with zero attached hydrogens (tertiary/aromatic N) is 3. The maximum atomic E-state index is 5.39. The van der Waals surface area contributed by atoms with E-state index in [1.54, 1.807) is 6.20 Å². The highest BCUT2D eigenvalue weighted by atomic mass is 32.1. The zero-order valence-electron chi connectivity index (χ0n) is 5.90. The lowest BCUT2D eigenvalue weighted by Crippen LogP contribution is -1.92. The quantitative estimate of drug-likeness (QED) is 0.633. The number of nitrogen functional groups attached to an aromatic ring is 1. The lowest BCUT2D eigenvalue weighted by Gasteiger charge is -1.89. The van der Waals surface area contributed by atoms with E-state index in [1.807, 2.05) is 6.92 Å². The second-order valence-corrected chi connectivity index (χ2v) is 2.97. The third-order valence-corrected chi connectivity index (χ3v) is 2.28. The van der Waals surface area contributed by atoms with Gasteiger partial charge in [0.25, 0.3) is 0 Å². The van der Waals surface area contributed by atoms with E-state index in [0.717, 1.165) is 15.9 Å². The molecule has 0 aliphatic rings. The van der Waals surface area contributed by atoms with Crippen molar-refractivity contribution in [3.8, 4) is 0 Å². The van der Waals surface area contributed by atoms with E-state index in [0.29, 0.717) is 5.95 Å². The first-order valence-electron chi connectivity index (χ1n) is 3.12. The fourth-order valence-electron chi connectivity index (χ4n) is 0.858. The molecule has 2 N–H and O–H groups in total. The molecule has 0 aliphatic carbocycles. The van der Waals surface area contributed by atoms with Gasteiger partial charge in [0.15, 0.2) is 0 Å². The molecular weight excluding hydrogens is 160 g/mol. The predicted octanol–water partition coefficient (Wildman–Crippen LogP) is 0.977. The van der Waals surface area contributed by atoms with Gasteiger partial charge in [-0.15, -0.1) is 0 Å². The topological polar surface area (TPSA) is 64.7 Å². The van der Waals surface area contributed by atoms with Gasteiger partial charge in [0.05, 0.1) is 11.1 Å². The molecule has 0 unspecified atom stereocenters. The van der Waals surface area contributed by atoms with Crippen LogP contribution in [0.15, 0.2) is 6.20 Å². The summed E-state index contributed by atoms with van der Waals surface area (Å²) < 4.78 is 4.12. The molecule has 0 saturated heterocycles. The summed E-state index contributed by atoms with van der Waals surface area (Å²) in [5.41, 5.74) is 6.35. The summed E-state index contributed by atoms with van der Waals surface area (Å²) in [6, 6.07) is 0. The molecule has 0 amide bonds. The molecule has 0 radical (unpaired) electrons. The van der Waals surface area contributed by atoms with Gasteiger partial charge in [0.2, 0.25) is 5.95 Å². The molecule has 0 saturated carbocycles. The Hall–Kier alpha value is -1.23. The van der Waals surface area contributed by atoms with Crippen LogP contribution < -0.4 is 5.73 Å². The highest BCUT2D eigenvalue weighted by Crippen LogP contribution is 2.18. The highest BCUT2D eigenvalue weighted by molar-refractivity contribution is 7.12. The smallest absolute Gasteiger partial charge is 0.221 e. The average Bonchev–Trinajstić information content (AvgIpc) is 2.32. The fourth-order valence-corrected chi connectivity index (χ4v) is 1.61. The summed E-state index contributed by atoms with van der Waals surface area (Å²) >= 11 is 1.35. The van der Waals surface area contributed by atoms with Crippen LogP contribution in [0.4, 0.5) is 5.95 Å². The molecule has 5 heteroatoms. The lowest BCUT2D eigenvalue weighted by atomic mass is 10.3. The van der Waals surface area contributed by atoms with Crippen LogP contribution in [0.1, 0.15) is 5.69 Å². The molecule has 2 rings (SSSR count). The number of hydrogen-bond donors (Lipinski definition) is 1. The van der Waals surface area contributed by atoms with Crippen molar-refractivity contribution >= 4 is 27.7 Å². The van der Waals surface area contributed by atoms with Crippen molar-refractivity contribution in [1.82, 2.24) is 14.3 Å². The van der Waals surface area contributed by atoms with Crippen LogP contribution in [0.2, 0.25) is 0 Å². The number of aromatic nitrogens is 3. The van der Waals surface area contributed by atoms with Crippen LogP contribution in [0.25, 0.3) is 10.2 Å². The second-order valence-electron chi connectivity index (χ2n) is 2.22. The summed E-state index contributed by atoms with van der Waals surface area (Å²) in [6.07, 6.45) is 1.70. The van der Waals surface area contributed by atoms with Crippen molar-refractivity contribution in [3.63, 3.8) is 0 Å². The number of aryl methyl sites for hydroxylation is 1. The summed E-state index contributed by atoms with van der Waals surface area (Å²) in [5, 5.41) is 0.990. The maximum absolute atomic E-state index is 5.39. The zero-order chi connectivity index (χ0) is 7.84. The van der Waals surface area contributed by atoms with Crippen molar-refractivity contribution in [2.75, 3.05) is 5.73 Å². The van der Waals surface area contributed by atoms with E-state index < -0.39 is 0 Å². The molecule has 11 heavy (non-hydrogen) atoms. The third-order valence-electron chi connectivity index (χ3n) is 1.43. The molecular formula is C6H6N4S. The number of rotatable bonds is 0. The predicted molar refractivity (Wildman–Crippen MR) is 44.4 cm³/mol. The van der Waals surface area contributed by atoms with Gasteiger partial charge < -0.3 is 5.73 Å². The third kappa shape index (κ3) is 0.932. The van der Waals surface area contributed by atoms with Crippen LogP contribution in [0.5, 0.6) is 0 Å². The van der Waals surface area contributed by atoms with Gasteiger partial charge in [-0.2, -0.15) is 4.37 Å². The molecule has 4 nitrogen and oxygen atoms in total. The van der Waals surface area contributed by atoms with Gasteiger partial charge in [-0.1, -0.05) is 0 Å². The minimum absolute atomic E-state index is 0.307. The Morgan fingerprint density at radius 1 is 1.55 bits per heavy atom. The first kappa shape index (κ1) is 6.48. The van der Waals surface area contributed by atoms with E-state index >= 15 is 0 Å². The van der Waals surface area contributed by atoms with E-state index in [1.165, 1.54) is 11.5 Å². The molecule has 0 fully saturated rings. The molecule has 0 atom stereocenters. The second kappa shape index (κ2) is 2.13. The monoisotopic (exact) mass is 166 g/mol. The van der Waals surface area contributed by atoms with Gasteiger partial charge >= 0.3 is 0 Å². The molecule has 0 spiro atoms. The van der Waals surface area contributed by atoms with Crippen LogP contribution in [0, 0.1) is 6.92 Å². The lowest BCUT2D eigenvalue weighted by molar-refractivity contribution is 1.24. The first-order chi connectivity index (χ1) is 5.27. The average molecular weight is 166 g/mol. The van der Waals surface area contributed by atoms with E-state index in [9.17, 15) is 0 Å². The van der Waals surface area contributed by atoms with Gasteiger partial charge in [0, 0.05) is 6.20 Å². The van der Waals surface area contributed by atoms with Crippen molar-refractivity contribution < 1.29 is 0 Å². The van der Waals surface area contributed by atoms with Crippen LogP contribution in [0.3, 0.4) is 0 Å². The van der Waals surface area contributed by atoms with Crippen molar-refractivity contribution in [2.24, 2.45) is 0 Å². The van der Waals surface area contributed by atoms with Crippen molar-refractivity contribution in [2.45, 2.75) is 6.92 Å². The number of fused-ring (bicyclic) bond motifs is 1. The van der Waals surface area contributed by atoms with E-state index in [-0.39, 0.29) is 0 Å². The Kier molecular flexibility index (Phi) is 1.25. The van der Waals surface area contributed by atoms with Gasteiger partial charge in [-0.05, 0) is 18.5 Å². The van der Waals surface area contributed by atoms with Crippen molar-refractivity contribution in [3.05, 3.63) is 11.9 Å². The van der Waals surface area contributed by atoms with Gasteiger partial charge in [-0.25, -0.2) is 9.97 Å². The Balaban J connectivity index is 2.86. The highest BCUT2D eigenvalue weighted by Gasteiger charge is 2.02. The fraction of sp³-hybridized carbons (Fsp3) is 0.167. The van der Waals surface area contributed by atoms with Crippen LogP contribution in [-0.2, 0) is 0 Å². The summed E-state index contributed by atoms with van der Waals surface area (Å²) in [6.45, 7) is 1.93. The largest absolute Gasteiger partial charge is 0.368 e. The summed E-state index contributed by atoms with van der Waals surface area (Å²) in [4.78, 5) is 8.75. The summed E-state index contributed by atoms with van der Waals surface area (Å²) in [5.74, 6) is 0.307. The molecule has 2 heterocycles. The van der Waals surface area contributed by atoms with E-state index in [2.05, 4.69) is 14.3 Å². The molecule has 0 aromatic carbocycles. The molecule has 0 aliphatic heterocycles. The summed E-state index contributed by atoms with van der Waals surface area (Å²) in [7, 11) is 0. The van der Waals surface area contributed by atoms with Crippen LogP contribution >= 0.6 is 11.5 Å². The minimum Gasteiger partial charge on any atom is -0.368 e. The minimum atomic E-state index is 0.307. The van der Waals surface area contributed by atoms with Gasteiger partial charge in [0.1, 0.15) is 4.83 Å². The molecule has 2 aromatic rings. The van der Waals surface area contributed by atoms with Crippen molar-refractivity contribution in [1.29, 1.82) is 0 Å². The Labute approximate surface area is 67.3 Å². The normalized spacial score (nSPS) is 10.6. The molecule has 56 valence electrons. The SMILES string of the molecule is Cc1nsc2nc(N)ncc12.